The molecule has 0 saturated heterocycles. The second-order valence-electron chi connectivity index (χ2n) is 10.2. The predicted octanol–water partition coefficient (Wildman–Crippen LogP) is 6.44. The summed E-state index contributed by atoms with van der Waals surface area (Å²) in [5, 5.41) is 7.35. The highest BCUT2D eigenvalue weighted by atomic mass is 32.1. The number of amides is 2. The number of aromatic nitrogens is 3. The monoisotopic (exact) mass is 563 g/mol. The number of ether oxygens (including phenoxy) is 1. The van der Waals surface area contributed by atoms with E-state index < -0.39 is 5.82 Å². The maximum Gasteiger partial charge on any atom is 0.317 e. The Hall–Kier alpha value is -3.79. The zero-order valence-corrected chi connectivity index (χ0v) is 23.7. The molecule has 0 aliphatic heterocycles. The summed E-state index contributed by atoms with van der Waals surface area (Å²) in [5.74, 6) is 0.805. The SMILES string of the molecule is CCCN(CCn1cc(-c2cc3nccc(Oc4ccc(CC(=O)CC5CC5)cc4F)c3s2)cn1)C(=O)NCC. The Morgan fingerprint density at radius 3 is 2.77 bits per heavy atom. The number of benzene rings is 1. The number of fused-ring (bicyclic) bond motifs is 1. The number of hydrogen-bond donors (Lipinski definition) is 1. The molecule has 40 heavy (non-hydrogen) atoms. The molecule has 0 radical (unpaired) electrons. The van der Waals surface area contributed by atoms with Gasteiger partial charge in [-0.2, -0.15) is 5.10 Å². The minimum Gasteiger partial charge on any atom is -0.453 e. The van der Waals surface area contributed by atoms with Crippen LogP contribution < -0.4 is 10.1 Å². The van der Waals surface area contributed by atoms with E-state index >= 15 is 0 Å². The first-order valence-electron chi connectivity index (χ1n) is 13.9. The molecule has 2 amide bonds. The van der Waals surface area contributed by atoms with Gasteiger partial charge in [0.2, 0.25) is 0 Å². The molecule has 0 unspecified atom stereocenters. The van der Waals surface area contributed by atoms with Crippen LogP contribution in [0.2, 0.25) is 0 Å². The van der Waals surface area contributed by atoms with E-state index in [0.717, 1.165) is 39.9 Å². The highest BCUT2D eigenvalue weighted by Crippen LogP contribution is 2.39. The summed E-state index contributed by atoms with van der Waals surface area (Å²) in [4.78, 5) is 31.7. The van der Waals surface area contributed by atoms with E-state index in [4.69, 9.17) is 4.74 Å². The van der Waals surface area contributed by atoms with Crippen molar-refractivity contribution in [3.8, 4) is 21.9 Å². The zero-order chi connectivity index (χ0) is 28.1. The molecule has 0 bridgehead atoms. The summed E-state index contributed by atoms with van der Waals surface area (Å²) in [7, 11) is 0. The Labute approximate surface area is 237 Å². The molecule has 1 fully saturated rings. The van der Waals surface area contributed by atoms with Crippen molar-refractivity contribution in [1.29, 1.82) is 0 Å². The lowest BCUT2D eigenvalue weighted by Crippen LogP contribution is -2.41. The molecule has 10 heteroatoms. The Balaban J connectivity index is 1.27. The van der Waals surface area contributed by atoms with Gasteiger partial charge in [0.25, 0.3) is 0 Å². The molecule has 3 heterocycles. The number of nitrogens with zero attached hydrogens (tertiary/aromatic N) is 4. The summed E-state index contributed by atoms with van der Waals surface area (Å²) in [6.45, 7) is 6.38. The van der Waals surface area contributed by atoms with E-state index in [1.54, 1.807) is 35.5 Å². The predicted molar refractivity (Wildman–Crippen MR) is 154 cm³/mol. The van der Waals surface area contributed by atoms with E-state index in [9.17, 15) is 14.0 Å². The van der Waals surface area contributed by atoms with Crippen molar-refractivity contribution in [2.75, 3.05) is 19.6 Å². The normalized spacial score (nSPS) is 13.0. The van der Waals surface area contributed by atoms with E-state index in [0.29, 0.717) is 49.8 Å². The van der Waals surface area contributed by atoms with Crippen molar-refractivity contribution < 1.29 is 18.7 Å². The number of carbonyl (C=O) groups is 2. The fourth-order valence-electron chi connectivity index (χ4n) is 4.62. The Bertz CT molecular complexity index is 1500. The third kappa shape index (κ3) is 6.85. The van der Waals surface area contributed by atoms with Crippen molar-refractivity contribution >= 4 is 33.4 Å². The summed E-state index contributed by atoms with van der Waals surface area (Å²) in [5.41, 5.74) is 2.34. The van der Waals surface area contributed by atoms with E-state index in [-0.39, 0.29) is 24.0 Å². The first-order valence-corrected chi connectivity index (χ1v) is 14.7. The summed E-state index contributed by atoms with van der Waals surface area (Å²) in [6.07, 6.45) is 9.35. The minimum atomic E-state index is -0.496. The highest BCUT2D eigenvalue weighted by Gasteiger charge is 2.24. The Morgan fingerprint density at radius 1 is 1.18 bits per heavy atom. The molecule has 1 aromatic carbocycles. The molecule has 1 saturated carbocycles. The lowest BCUT2D eigenvalue weighted by Gasteiger charge is -2.22. The van der Waals surface area contributed by atoms with Gasteiger partial charge in [0.05, 0.1) is 23.0 Å². The number of hydrogen-bond acceptors (Lipinski definition) is 6. The summed E-state index contributed by atoms with van der Waals surface area (Å²) in [6, 6.07) is 8.36. The van der Waals surface area contributed by atoms with Crippen LogP contribution in [0, 0.1) is 11.7 Å². The quantitative estimate of drug-likeness (QED) is 0.202. The number of rotatable bonds is 13. The second kappa shape index (κ2) is 12.6. The van der Waals surface area contributed by atoms with Gasteiger partial charge >= 0.3 is 6.03 Å². The first kappa shape index (κ1) is 27.8. The van der Waals surface area contributed by atoms with Crippen molar-refractivity contribution in [3.63, 3.8) is 0 Å². The van der Waals surface area contributed by atoms with Crippen LogP contribution in [-0.2, 0) is 17.8 Å². The minimum absolute atomic E-state index is 0.0621. The van der Waals surface area contributed by atoms with Crippen LogP contribution in [0.15, 0.2) is 48.9 Å². The number of Topliss-reactive ketones (excluding diaryl/α,β-unsaturated/α-hetero) is 1. The van der Waals surface area contributed by atoms with Gasteiger partial charge in [-0.15, -0.1) is 11.3 Å². The smallest absolute Gasteiger partial charge is 0.317 e. The average molecular weight is 564 g/mol. The molecule has 0 atom stereocenters. The Morgan fingerprint density at radius 2 is 2.02 bits per heavy atom. The van der Waals surface area contributed by atoms with Crippen molar-refractivity contribution in [3.05, 3.63) is 60.3 Å². The maximum atomic E-state index is 14.9. The van der Waals surface area contributed by atoms with Crippen LogP contribution >= 0.6 is 11.3 Å². The summed E-state index contributed by atoms with van der Waals surface area (Å²) >= 11 is 1.50. The number of ketones is 1. The number of carbonyl (C=O) groups excluding carboxylic acids is 2. The maximum absolute atomic E-state index is 14.9. The van der Waals surface area contributed by atoms with Crippen molar-refractivity contribution in [1.82, 2.24) is 25.0 Å². The molecule has 0 spiro atoms. The van der Waals surface area contributed by atoms with Gasteiger partial charge < -0.3 is 15.0 Å². The molecule has 8 nitrogen and oxygen atoms in total. The molecule has 210 valence electrons. The van der Waals surface area contributed by atoms with Crippen LogP contribution in [0.25, 0.3) is 20.7 Å². The lowest BCUT2D eigenvalue weighted by molar-refractivity contribution is -0.118. The fourth-order valence-corrected chi connectivity index (χ4v) is 5.66. The topological polar surface area (TPSA) is 89.3 Å². The van der Waals surface area contributed by atoms with Gasteiger partial charge in [-0.05, 0) is 55.9 Å². The molecule has 1 aliphatic rings. The van der Waals surface area contributed by atoms with Gasteiger partial charge in [-0.1, -0.05) is 13.0 Å². The van der Waals surface area contributed by atoms with Gasteiger partial charge in [0.15, 0.2) is 11.6 Å². The largest absolute Gasteiger partial charge is 0.453 e. The Kier molecular flexibility index (Phi) is 8.74. The van der Waals surface area contributed by atoms with E-state index in [2.05, 4.69) is 15.4 Å². The third-order valence-electron chi connectivity index (χ3n) is 6.83. The zero-order valence-electron chi connectivity index (χ0n) is 22.9. The molecule has 1 aliphatic carbocycles. The van der Waals surface area contributed by atoms with Gasteiger partial charge in [-0.25, -0.2) is 9.18 Å². The molecule has 4 aromatic rings. The van der Waals surface area contributed by atoms with Crippen LogP contribution in [0.3, 0.4) is 0 Å². The standard InChI is InChI=1S/C30H34FN5O3S/c1-3-11-35(30(38)32-4-2)12-13-36-19-22(18-34-36)28-17-25-29(40-28)27(9-10-33-25)39-26-8-7-21(16-24(26)31)15-23(37)14-20-5-6-20/h7-10,16-20H,3-6,11-15H2,1-2H3,(H,32,38). The number of nitrogens with one attached hydrogen (secondary N) is 1. The number of urea groups is 1. The van der Waals surface area contributed by atoms with Crippen LogP contribution in [0.4, 0.5) is 9.18 Å². The van der Waals surface area contributed by atoms with E-state index in [1.807, 2.05) is 30.8 Å². The van der Waals surface area contributed by atoms with Gasteiger partial charge in [-0.3, -0.25) is 14.5 Å². The molecule has 1 N–H and O–H groups in total. The van der Waals surface area contributed by atoms with Gasteiger partial charge in [0.1, 0.15) is 11.5 Å². The number of pyridine rings is 1. The van der Waals surface area contributed by atoms with Crippen molar-refractivity contribution in [2.24, 2.45) is 5.92 Å². The fraction of sp³-hybridized carbons (Fsp3) is 0.400. The molecule has 5 rings (SSSR count). The molecular weight excluding hydrogens is 529 g/mol. The highest BCUT2D eigenvalue weighted by molar-refractivity contribution is 7.22. The van der Waals surface area contributed by atoms with Crippen molar-refractivity contribution in [2.45, 2.75) is 52.5 Å². The van der Waals surface area contributed by atoms with Crippen LogP contribution in [-0.4, -0.2) is 51.1 Å². The van der Waals surface area contributed by atoms with Crippen LogP contribution in [0.5, 0.6) is 11.5 Å². The molecule has 3 aromatic heterocycles. The lowest BCUT2D eigenvalue weighted by atomic mass is 10.0. The van der Waals surface area contributed by atoms with Crippen LogP contribution in [0.1, 0.15) is 45.1 Å². The number of halogens is 1. The average Bonchev–Trinajstić information content (AvgIpc) is 3.42. The van der Waals surface area contributed by atoms with Gasteiger partial charge in [0, 0.05) is 61.4 Å². The third-order valence-corrected chi connectivity index (χ3v) is 8.02. The molecular formula is C30H34FN5O3S. The number of thiophene rings is 1. The second-order valence-corrected chi connectivity index (χ2v) is 11.2. The first-order chi connectivity index (χ1) is 19.4. The summed E-state index contributed by atoms with van der Waals surface area (Å²) < 4.78 is 23.5. The van der Waals surface area contributed by atoms with E-state index in [1.165, 1.54) is 17.4 Å².